The van der Waals surface area contributed by atoms with E-state index in [0.29, 0.717) is 28.1 Å². The molecule has 0 spiro atoms. The Bertz CT molecular complexity index is 1110. The number of benzene rings is 1. The van der Waals surface area contributed by atoms with Crippen LogP contribution < -0.4 is 5.32 Å². The van der Waals surface area contributed by atoms with Gasteiger partial charge in [-0.25, -0.2) is 4.39 Å². The third-order valence-electron chi connectivity index (χ3n) is 3.75. The van der Waals surface area contributed by atoms with Gasteiger partial charge in [0.15, 0.2) is 0 Å². The zero-order chi connectivity index (χ0) is 21.0. The molecular weight excluding hydrogens is 415 g/mol. The molecule has 0 atom stereocenters. The van der Waals surface area contributed by atoms with Gasteiger partial charge in [-0.3, -0.25) is 10.1 Å². The number of carbonyl (C=O) groups is 1. The van der Waals surface area contributed by atoms with E-state index in [1.165, 1.54) is 35.6 Å². The van der Waals surface area contributed by atoms with E-state index in [0.717, 1.165) is 11.4 Å². The smallest absolute Gasteiger partial charge is 0.268 e. The van der Waals surface area contributed by atoms with Crippen molar-refractivity contribution in [2.45, 2.75) is 20.3 Å². The number of carbonyl (C=O) groups excluding carboxylic acids is 1. The second-order valence-electron chi connectivity index (χ2n) is 6.55. The molecule has 3 aromatic rings. The molecule has 9 heteroatoms. The Kier molecular flexibility index (Phi) is 6.42. The Labute approximate surface area is 175 Å². The normalized spacial score (nSPS) is 11.5. The maximum Gasteiger partial charge on any atom is 0.268 e. The van der Waals surface area contributed by atoms with Crippen LogP contribution in [0.5, 0.6) is 0 Å². The summed E-state index contributed by atoms with van der Waals surface area (Å²) in [6.45, 7) is 4.13. The zero-order valence-electron chi connectivity index (χ0n) is 15.6. The molecule has 0 saturated heterocycles. The van der Waals surface area contributed by atoms with Crippen LogP contribution >= 0.6 is 22.9 Å². The van der Waals surface area contributed by atoms with E-state index in [9.17, 15) is 14.4 Å². The Hall–Kier alpha value is -3.02. The number of nitrogens with zero attached hydrogens (tertiary/aromatic N) is 3. The summed E-state index contributed by atoms with van der Waals surface area (Å²) in [6.07, 6.45) is 2.08. The number of nitrogens with one attached hydrogen (secondary N) is 1. The fourth-order valence-electron chi connectivity index (χ4n) is 2.43. The molecule has 29 heavy (non-hydrogen) atoms. The lowest BCUT2D eigenvalue weighted by Crippen LogP contribution is -2.13. The molecule has 0 radical (unpaired) electrons. The highest BCUT2D eigenvalue weighted by Gasteiger charge is 2.15. The molecule has 1 aromatic carbocycles. The highest BCUT2D eigenvalue weighted by molar-refractivity contribution is 7.15. The van der Waals surface area contributed by atoms with E-state index in [-0.39, 0.29) is 10.6 Å². The van der Waals surface area contributed by atoms with Crippen molar-refractivity contribution in [1.29, 1.82) is 5.26 Å². The molecule has 0 aliphatic carbocycles. The zero-order valence-corrected chi connectivity index (χ0v) is 17.1. The van der Waals surface area contributed by atoms with Crippen molar-refractivity contribution in [1.82, 2.24) is 10.2 Å². The standard InChI is InChI=1S/C20H16ClFN4O2S/c1-11(2)7-18-25-26-20(29-18)24-19(27)13(10-23)8-14-4-6-17(28-14)12-3-5-16(22)15(21)9-12/h3-6,8-9,11H,7H2,1-2H3,(H,24,26,27). The SMILES string of the molecule is CC(C)Cc1nnc(NC(=O)C(C#N)=Cc2ccc(-c3ccc(F)c(Cl)c3)o2)s1. The summed E-state index contributed by atoms with van der Waals surface area (Å²) < 4.78 is 18.9. The van der Waals surface area contributed by atoms with E-state index < -0.39 is 11.7 Å². The van der Waals surface area contributed by atoms with Crippen LogP contribution in [0, 0.1) is 23.1 Å². The predicted molar refractivity (Wildman–Crippen MR) is 110 cm³/mol. The lowest BCUT2D eigenvalue weighted by atomic mass is 10.1. The summed E-state index contributed by atoms with van der Waals surface area (Å²) in [5, 5.41) is 21.0. The van der Waals surface area contributed by atoms with Gasteiger partial charge in [-0.2, -0.15) is 5.26 Å². The fourth-order valence-corrected chi connectivity index (χ4v) is 3.55. The number of nitriles is 1. The molecule has 2 heterocycles. The molecule has 3 rings (SSSR count). The highest BCUT2D eigenvalue weighted by atomic mass is 35.5. The van der Waals surface area contributed by atoms with Crippen molar-refractivity contribution in [3.05, 3.63) is 57.5 Å². The molecular formula is C20H16ClFN4O2S. The molecule has 0 unspecified atom stereocenters. The third-order valence-corrected chi connectivity index (χ3v) is 4.90. The third kappa shape index (κ3) is 5.28. The van der Waals surface area contributed by atoms with Crippen LogP contribution in [-0.4, -0.2) is 16.1 Å². The van der Waals surface area contributed by atoms with Gasteiger partial charge in [0, 0.05) is 18.1 Å². The van der Waals surface area contributed by atoms with Crippen LogP contribution in [0.1, 0.15) is 24.6 Å². The minimum atomic E-state index is -0.609. The van der Waals surface area contributed by atoms with Crippen molar-refractivity contribution >= 4 is 40.1 Å². The number of hydrogen-bond donors (Lipinski definition) is 1. The van der Waals surface area contributed by atoms with Gasteiger partial charge in [0.25, 0.3) is 5.91 Å². The maximum absolute atomic E-state index is 13.3. The van der Waals surface area contributed by atoms with Gasteiger partial charge in [0.05, 0.1) is 5.02 Å². The number of hydrogen-bond acceptors (Lipinski definition) is 6. The Morgan fingerprint density at radius 3 is 2.86 bits per heavy atom. The Balaban J connectivity index is 1.75. The summed E-state index contributed by atoms with van der Waals surface area (Å²) in [5.41, 5.74) is 0.425. The van der Waals surface area contributed by atoms with Crippen molar-refractivity contribution in [3.63, 3.8) is 0 Å². The highest BCUT2D eigenvalue weighted by Crippen LogP contribution is 2.27. The van der Waals surface area contributed by atoms with E-state index in [1.807, 2.05) is 6.07 Å². The lowest BCUT2D eigenvalue weighted by molar-refractivity contribution is -0.112. The molecule has 0 fully saturated rings. The first-order valence-corrected chi connectivity index (χ1v) is 9.86. The molecule has 0 aliphatic heterocycles. The number of halogens is 2. The van der Waals surface area contributed by atoms with Gasteiger partial charge in [-0.15, -0.1) is 10.2 Å². The topological polar surface area (TPSA) is 91.8 Å². The fraction of sp³-hybridized carbons (Fsp3) is 0.200. The lowest BCUT2D eigenvalue weighted by Gasteiger charge is -2.00. The van der Waals surface area contributed by atoms with Crippen LogP contribution in [0.25, 0.3) is 17.4 Å². The first-order chi connectivity index (χ1) is 13.9. The monoisotopic (exact) mass is 430 g/mol. The molecule has 0 aliphatic rings. The van der Waals surface area contributed by atoms with Crippen LogP contribution in [0.2, 0.25) is 5.02 Å². The van der Waals surface area contributed by atoms with Crippen LogP contribution in [0.4, 0.5) is 9.52 Å². The van der Waals surface area contributed by atoms with E-state index in [1.54, 1.807) is 12.1 Å². The minimum absolute atomic E-state index is 0.0259. The maximum atomic E-state index is 13.3. The quantitative estimate of drug-likeness (QED) is 0.421. The molecule has 0 saturated carbocycles. The number of amides is 1. The minimum Gasteiger partial charge on any atom is -0.457 e. The average Bonchev–Trinajstić information content (AvgIpc) is 3.31. The second-order valence-corrected chi connectivity index (χ2v) is 8.02. The number of anilines is 1. The molecule has 2 aromatic heterocycles. The van der Waals surface area contributed by atoms with Gasteiger partial charge < -0.3 is 4.42 Å². The van der Waals surface area contributed by atoms with Crippen molar-refractivity contribution < 1.29 is 13.6 Å². The number of rotatable bonds is 6. The summed E-state index contributed by atoms with van der Waals surface area (Å²) >= 11 is 7.06. The summed E-state index contributed by atoms with van der Waals surface area (Å²) in [5.74, 6) is 0.00897. The summed E-state index contributed by atoms with van der Waals surface area (Å²) in [6, 6.07) is 9.29. The molecule has 1 amide bonds. The van der Waals surface area contributed by atoms with Gasteiger partial charge in [-0.05, 0) is 36.2 Å². The second kappa shape index (κ2) is 8.99. The predicted octanol–water partition coefficient (Wildman–Crippen LogP) is 5.33. The van der Waals surface area contributed by atoms with E-state index in [2.05, 4.69) is 29.4 Å². The van der Waals surface area contributed by atoms with Gasteiger partial charge >= 0.3 is 0 Å². The molecule has 1 N–H and O–H groups in total. The summed E-state index contributed by atoms with van der Waals surface area (Å²) in [7, 11) is 0. The van der Waals surface area contributed by atoms with Crippen molar-refractivity contribution in [2.75, 3.05) is 5.32 Å². The van der Waals surface area contributed by atoms with E-state index in [4.69, 9.17) is 16.0 Å². The molecule has 6 nitrogen and oxygen atoms in total. The summed E-state index contributed by atoms with van der Waals surface area (Å²) in [4.78, 5) is 12.4. The van der Waals surface area contributed by atoms with Crippen molar-refractivity contribution in [2.24, 2.45) is 5.92 Å². The average molecular weight is 431 g/mol. The van der Waals surface area contributed by atoms with Crippen LogP contribution in [-0.2, 0) is 11.2 Å². The molecule has 0 bridgehead atoms. The Morgan fingerprint density at radius 1 is 1.38 bits per heavy atom. The number of furan rings is 1. The Morgan fingerprint density at radius 2 is 2.17 bits per heavy atom. The van der Waals surface area contributed by atoms with Gasteiger partial charge in [-0.1, -0.05) is 36.8 Å². The van der Waals surface area contributed by atoms with E-state index >= 15 is 0 Å². The van der Waals surface area contributed by atoms with Crippen LogP contribution in [0.3, 0.4) is 0 Å². The van der Waals surface area contributed by atoms with Gasteiger partial charge in [0.2, 0.25) is 5.13 Å². The van der Waals surface area contributed by atoms with Gasteiger partial charge in [0.1, 0.15) is 34.0 Å². The van der Waals surface area contributed by atoms with Crippen LogP contribution in [0.15, 0.2) is 40.3 Å². The first-order valence-electron chi connectivity index (χ1n) is 8.66. The first kappa shape index (κ1) is 20.7. The molecule has 148 valence electrons. The largest absolute Gasteiger partial charge is 0.457 e. The number of aromatic nitrogens is 2. The van der Waals surface area contributed by atoms with Crippen molar-refractivity contribution in [3.8, 4) is 17.4 Å².